The van der Waals surface area contributed by atoms with Crippen LogP contribution in [0.2, 0.25) is 10.0 Å². The van der Waals surface area contributed by atoms with E-state index in [0.29, 0.717) is 0 Å². The molecular weight excluding hydrogens is 273 g/mol. The van der Waals surface area contributed by atoms with Gasteiger partial charge in [0.2, 0.25) is 0 Å². The van der Waals surface area contributed by atoms with E-state index in [1.807, 2.05) is 0 Å². The fraction of sp³-hybridized carbons (Fsp3) is 0.364. The van der Waals surface area contributed by atoms with Gasteiger partial charge >= 0.3 is 5.97 Å². The van der Waals surface area contributed by atoms with Gasteiger partial charge in [0.05, 0.1) is 10.0 Å². The van der Waals surface area contributed by atoms with Crippen LogP contribution in [0, 0.1) is 0 Å². The molecule has 1 aromatic rings. The van der Waals surface area contributed by atoms with Gasteiger partial charge in [-0.3, -0.25) is 4.79 Å². The highest BCUT2D eigenvalue weighted by Crippen LogP contribution is 2.36. The predicted octanol–water partition coefficient (Wildman–Crippen LogP) is 4.34. The number of hydrogen-bond acceptors (Lipinski definition) is 1. The van der Waals surface area contributed by atoms with Crippen LogP contribution in [0.3, 0.4) is 0 Å². The maximum atomic E-state index is 13.6. The lowest BCUT2D eigenvalue weighted by atomic mass is 10.0. The fourth-order valence-electron chi connectivity index (χ4n) is 1.33. The Balaban J connectivity index is 2.74. The molecule has 0 aliphatic heterocycles. The summed E-state index contributed by atoms with van der Waals surface area (Å²) in [5.41, 5.74) is -0.253. The van der Waals surface area contributed by atoms with Crippen LogP contribution in [-0.2, 0) is 10.7 Å². The number of alkyl halides is 2. The number of hydrogen-bond donors (Lipinski definition) is 1. The molecule has 0 unspecified atom stereocenters. The standard InChI is InChI=1S/C11H10Cl2F2O2/c12-8-4-3-7(6-9(8)13)11(14,15)5-1-2-10(16)17/h3-4,6H,1-2,5H2,(H,16,17). The van der Waals surface area contributed by atoms with Crippen molar-refractivity contribution in [3.05, 3.63) is 33.8 Å². The molecule has 0 aromatic heterocycles. The Morgan fingerprint density at radius 3 is 2.47 bits per heavy atom. The summed E-state index contributed by atoms with van der Waals surface area (Å²) < 4.78 is 27.2. The first-order chi connectivity index (χ1) is 7.83. The molecule has 0 amide bonds. The maximum absolute atomic E-state index is 13.6. The second kappa shape index (κ2) is 5.65. The van der Waals surface area contributed by atoms with E-state index in [1.165, 1.54) is 12.1 Å². The first kappa shape index (κ1) is 14.2. The Kier molecular flexibility index (Phi) is 4.71. The zero-order chi connectivity index (χ0) is 13.1. The Bertz CT molecular complexity index is 422. The number of carboxylic acids is 1. The van der Waals surface area contributed by atoms with Crippen LogP contribution in [0.4, 0.5) is 8.78 Å². The number of rotatable bonds is 5. The number of aliphatic carboxylic acids is 1. The quantitative estimate of drug-likeness (QED) is 0.872. The van der Waals surface area contributed by atoms with Crippen molar-refractivity contribution in [1.29, 1.82) is 0 Å². The molecule has 17 heavy (non-hydrogen) atoms. The van der Waals surface area contributed by atoms with E-state index in [0.717, 1.165) is 6.07 Å². The molecule has 6 heteroatoms. The molecule has 0 saturated heterocycles. The summed E-state index contributed by atoms with van der Waals surface area (Å²) in [4.78, 5) is 10.2. The molecule has 0 radical (unpaired) electrons. The van der Waals surface area contributed by atoms with Gasteiger partial charge in [0, 0.05) is 18.4 Å². The lowest BCUT2D eigenvalue weighted by molar-refractivity contribution is -0.137. The average molecular weight is 283 g/mol. The van der Waals surface area contributed by atoms with Crippen molar-refractivity contribution in [2.45, 2.75) is 25.2 Å². The summed E-state index contributed by atoms with van der Waals surface area (Å²) in [6, 6.07) is 3.59. The third kappa shape index (κ3) is 4.13. The van der Waals surface area contributed by atoms with E-state index in [2.05, 4.69) is 0 Å². The number of benzene rings is 1. The molecule has 1 rings (SSSR count). The summed E-state index contributed by atoms with van der Waals surface area (Å²) >= 11 is 11.3. The van der Waals surface area contributed by atoms with Crippen molar-refractivity contribution in [3.63, 3.8) is 0 Å². The summed E-state index contributed by atoms with van der Waals surface area (Å²) in [7, 11) is 0. The molecule has 0 aliphatic carbocycles. The van der Waals surface area contributed by atoms with Gasteiger partial charge in [-0.15, -0.1) is 0 Å². The van der Waals surface area contributed by atoms with E-state index >= 15 is 0 Å². The highest BCUT2D eigenvalue weighted by atomic mass is 35.5. The zero-order valence-electron chi connectivity index (χ0n) is 8.72. The average Bonchev–Trinajstić information content (AvgIpc) is 2.21. The van der Waals surface area contributed by atoms with Crippen LogP contribution in [0.25, 0.3) is 0 Å². The van der Waals surface area contributed by atoms with Gasteiger partial charge in [0.25, 0.3) is 5.92 Å². The molecule has 0 heterocycles. The molecule has 0 aliphatic rings. The molecule has 0 bridgehead atoms. The second-order valence-electron chi connectivity index (χ2n) is 3.58. The lowest BCUT2D eigenvalue weighted by Crippen LogP contribution is -2.14. The van der Waals surface area contributed by atoms with Crippen LogP contribution in [0.15, 0.2) is 18.2 Å². The lowest BCUT2D eigenvalue weighted by Gasteiger charge is -2.16. The van der Waals surface area contributed by atoms with E-state index in [9.17, 15) is 13.6 Å². The molecule has 1 aromatic carbocycles. The van der Waals surface area contributed by atoms with Gasteiger partial charge in [-0.2, -0.15) is 0 Å². The van der Waals surface area contributed by atoms with Crippen molar-refractivity contribution < 1.29 is 18.7 Å². The topological polar surface area (TPSA) is 37.3 Å². The fourth-order valence-corrected chi connectivity index (χ4v) is 1.63. The normalized spacial score (nSPS) is 11.5. The minimum Gasteiger partial charge on any atom is -0.481 e. The molecule has 94 valence electrons. The number of halogens is 4. The van der Waals surface area contributed by atoms with Crippen molar-refractivity contribution >= 4 is 29.2 Å². The van der Waals surface area contributed by atoms with Crippen LogP contribution in [0.5, 0.6) is 0 Å². The summed E-state index contributed by atoms with van der Waals surface area (Å²) in [6.07, 6.45) is -0.906. The molecule has 0 atom stereocenters. The van der Waals surface area contributed by atoms with E-state index < -0.39 is 18.3 Å². The first-order valence-corrected chi connectivity index (χ1v) is 5.63. The SMILES string of the molecule is O=C(O)CCCC(F)(F)c1ccc(Cl)c(Cl)c1. The third-order valence-electron chi connectivity index (χ3n) is 2.22. The zero-order valence-corrected chi connectivity index (χ0v) is 10.2. The summed E-state index contributed by atoms with van der Waals surface area (Å²) in [5, 5.41) is 8.64. The summed E-state index contributed by atoms with van der Waals surface area (Å²) in [6.45, 7) is 0. The Morgan fingerprint density at radius 2 is 1.94 bits per heavy atom. The molecule has 0 fully saturated rings. The first-order valence-electron chi connectivity index (χ1n) is 4.88. The van der Waals surface area contributed by atoms with E-state index in [-0.39, 0.29) is 28.5 Å². The number of carbonyl (C=O) groups is 1. The molecular formula is C11H10Cl2F2O2. The summed E-state index contributed by atoms with van der Waals surface area (Å²) in [5.74, 6) is -4.18. The van der Waals surface area contributed by atoms with Gasteiger partial charge in [-0.05, 0) is 18.6 Å². The van der Waals surface area contributed by atoms with Crippen LogP contribution < -0.4 is 0 Å². The molecule has 1 N–H and O–H groups in total. The second-order valence-corrected chi connectivity index (χ2v) is 4.40. The third-order valence-corrected chi connectivity index (χ3v) is 2.96. The number of carboxylic acid groups (broad SMARTS) is 1. The Hall–Kier alpha value is -0.870. The predicted molar refractivity (Wildman–Crippen MR) is 61.8 cm³/mol. The van der Waals surface area contributed by atoms with Gasteiger partial charge in [0.15, 0.2) is 0 Å². The van der Waals surface area contributed by atoms with E-state index in [4.69, 9.17) is 28.3 Å². The Morgan fingerprint density at radius 1 is 1.29 bits per heavy atom. The molecule has 0 saturated carbocycles. The van der Waals surface area contributed by atoms with Crippen molar-refractivity contribution in [3.8, 4) is 0 Å². The van der Waals surface area contributed by atoms with Crippen molar-refractivity contribution in [1.82, 2.24) is 0 Å². The van der Waals surface area contributed by atoms with Crippen molar-refractivity contribution in [2.24, 2.45) is 0 Å². The minimum absolute atomic E-state index is 0.0575. The van der Waals surface area contributed by atoms with E-state index in [1.54, 1.807) is 0 Å². The minimum atomic E-state index is -3.09. The molecule has 2 nitrogen and oxygen atoms in total. The highest BCUT2D eigenvalue weighted by molar-refractivity contribution is 6.42. The Labute approximate surface area is 107 Å². The van der Waals surface area contributed by atoms with Gasteiger partial charge in [-0.1, -0.05) is 29.3 Å². The van der Waals surface area contributed by atoms with Gasteiger partial charge in [0.1, 0.15) is 0 Å². The van der Waals surface area contributed by atoms with Crippen LogP contribution in [-0.4, -0.2) is 11.1 Å². The van der Waals surface area contributed by atoms with Crippen LogP contribution in [0.1, 0.15) is 24.8 Å². The maximum Gasteiger partial charge on any atom is 0.303 e. The van der Waals surface area contributed by atoms with Crippen molar-refractivity contribution in [2.75, 3.05) is 0 Å². The highest BCUT2D eigenvalue weighted by Gasteiger charge is 2.31. The smallest absolute Gasteiger partial charge is 0.303 e. The largest absolute Gasteiger partial charge is 0.481 e. The van der Waals surface area contributed by atoms with Gasteiger partial charge < -0.3 is 5.11 Å². The van der Waals surface area contributed by atoms with Crippen LogP contribution >= 0.6 is 23.2 Å². The monoisotopic (exact) mass is 282 g/mol. The molecule has 0 spiro atoms. The van der Waals surface area contributed by atoms with Gasteiger partial charge in [-0.25, -0.2) is 8.78 Å².